The summed E-state index contributed by atoms with van der Waals surface area (Å²) in [4.78, 5) is 0. The summed E-state index contributed by atoms with van der Waals surface area (Å²) < 4.78 is 0. The van der Waals surface area contributed by atoms with E-state index in [-0.39, 0.29) is 0 Å². The van der Waals surface area contributed by atoms with Crippen molar-refractivity contribution in [3.63, 3.8) is 0 Å². The van der Waals surface area contributed by atoms with E-state index in [1.807, 2.05) is 6.08 Å². The zero-order valence-electron chi connectivity index (χ0n) is 9.16. The van der Waals surface area contributed by atoms with Crippen LogP contribution in [-0.2, 0) is 0 Å². The van der Waals surface area contributed by atoms with Gasteiger partial charge in [-0.05, 0) is 53.9 Å². The molecule has 0 spiro atoms. The molecule has 0 aromatic rings. The molecule has 2 atom stereocenters. The fourth-order valence-electron chi connectivity index (χ4n) is 2.72. The van der Waals surface area contributed by atoms with E-state index >= 15 is 0 Å². The highest BCUT2D eigenvalue weighted by molar-refractivity contribution is 5.65. The van der Waals surface area contributed by atoms with Crippen molar-refractivity contribution < 1.29 is 0 Å². The molecule has 3 aliphatic carbocycles. The topological polar surface area (TPSA) is 0 Å². The molecule has 0 aliphatic heterocycles. The molecule has 0 aromatic heterocycles. The van der Waals surface area contributed by atoms with Crippen molar-refractivity contribution in [2.24, 2.45) is 11.8 Å². The molecule has 0 aromatic carbocycles. The van der Waals surface area contributed by atoms with E-state index in [0.29, 0.717) is 0 Å². The number of fused-ring (bicyclic) bond motifs is 2. The Labute approximate surface area is 91.4 Å². The highest BCUT2D eigenvalue weighted by Gasteiger charge is 2.39. The Hall–Kier alpha value is -1.30. The Balaban J connectivity index is 2.07. The standard InChI is InChI=1S/C15H16/c1-3-5-14-10(4-2)6-13-8-11-7-12(11)9-15(13)14/h3-5,8-9,11-12H,2,6-7H2,1H3/b5-3-. The zero-order valence-corrected chi connectivity index (χ0v) is 9.16. The summed E-state index contributed by atoms with van der Waals surface area (Å²) in [6.07, 6.45) is 13.8. The van der Waals surface area contributed by atoms with Crippen LogP contribution in [0.1, 0.15) is 19.8 Å². The summed E-state index contributed by atoms with van der Waals surface area (Å²) >= 11 is 0. The quantitative estimate of drug-likeness (QED) is 0.627. The molecule has 0 saturated heterocycles. The minimum absolute atomic E-state index is 0.841. The first-order chi connectivity index (χ1) is 7.33. The summed E-state index contributed by atoms with van der Waals surface area (Å²) in [5.41, 5.74) is 5.83. The number of rotatable bonds is 2. The van der Waals surface area contributed by atoms with Crippen molar-refractivity contribution in [3.8, 4) is 0 Å². The van der Waals surface area contributed by atoms with Crippen molar-refractivity contribution in [2.75, 3.05) is 0 Å². The van der Waals surface area contributed by atoms with Crippen molar-refractivity contribution in [3.05, 3.63) is 59.3 Å². The molecule has 15 heavy (non-hydrogen) atoms. The summed E-state index contributed by atoms with van der Waals surface area (Å²) in [6, 6.07) is 0. The second-order valence-electron chi connectivity index (χ2n) is 4.66. The van der Waals surface area contributed by atoms with Gasteiger partial charge in [-0.3, -0.25) is 0 Å². The Morgan fingerprint density at radius 3 is 2.87 bits per heavy atom. The molecule has 1 saturated carbocycles. The van der Waals surface area contributed by atoms with Crippen molar-refractivity contribution in [1.29, 1.82) is 0 Å². The lowest BCUT2D eigenvalue weighted by Crippen LogP contribution is -1.92. The molecule has 1 fully saturated rings. The van der Waals surface area contributed by atoms with Crippen LogP contribution in [0.3, 0.4) is 0 Å². The number of allylic oxidation sites excluding steroid dienone is 9. The van der Waals surface area contributed by atoms with Gasteiger partial charge in [0, 0.05) is 0 Å². The zero-order chi connectivity index (χ0) is 10.4. The molecule has 76 valence electrons. The van der Waals surface area contributed by atoms with Gasteiger partial charge in [0.15, 0.2) is 0 Å². The first-order valence-corrected chi connectivity index (χ1v) is 5.75. The van der Waals surface area contributed by atoms with Gasteiger partial charge >= 0.3 is 0 Å². The fraction of sp³-hybridized carbons (Fsp3) is 0.333. The van der Waals surface area contributed by atoms with Crippen LogP contribution >= 0.6 is 0 Å². The predicted molar refractivity (Wildman–Crippen MR) is 64.4 cm³/mol. The van der Waals surface area contributed by atoms with Gasteiger partial charge in [0.05, 0.1) is 0 Å². The van der Waals surface area contributed by atoms with Gasteiger partial charge in [-0.1, -0.05) is 37.0 Å². The summed E-state index contributed by atoms with van der Waals surface area (Å²) in [5.74, 6) is 1.70. The van der Waals surface area contributed by atoms with Gasteiger partial charge in [0.2, 0.25) is 0 Å². The molecule has 0 bridgehead atoms. The van der Waals surface area contributed by atoms with Crippen LogP contribution in [0.25, 0.3) is 0 Å². The second kappa shape index (κ2) is 3.10. The average molecular weight is 196 g/mol. The highest BCUT2D eigenvalue weighted by atomic mass is 14.4. The molecule has 0 radical (unpaired) electrons. The predicted octanol–water partition coefficient (Wildman–Crippen LogP) is 3.95. The molecule has 3 rings (SSSR count). The van der Waals surface area contributed by atoms with Gasteiger partial charge in [-0.25, -0.2) is 0 Å². The SMILES string of the molecule is C=CC1=C(/C=C\C)C2=CC3CC3C=C2C1. The van der Waals surface area contributed by atoms with E-state index in [1.165, 1.54) is 28.7 Å². The summed E-state index contributed by atoms with van der Waals surface area (Å²) in [7, 11) is 0. The lowest BCUT2D eigenvalue weighted by Gasteiger charge is -2.08. The maximum Gasteiger partial charge on any atom is -0.00168 e. The minimum atomic E-state index is 0.841. The van der Waals surface area contributed by atoms with Crippen molar-refractivity contribution >= 4 is 0 Å². The molecule has 0 heteroatoms. The van der Waals surface area contributed by atoms with E-state index in [9.17, 15) is 0 Å². The van der Waals surface area contributed by atoms with Gasteiger partial charge in [-0.2, -0.15) is 0 Å². The molecule has 2 unspecified atom stereocenters. The van der Waals surface area contributed by atoms with Crippen LogP contribution in [-0.4, -0.2) is 0 Å². The Morgan fingerprint density at radius 2 is 2.13 bits per heavy atom. The molecule has 0 nitrogen and oxygen atoms in total. The molecule has 0 heterocycles. The third-order valence-electron chi connectivity index (χ3n) is 3.63. The Bertz CT molecular complexity index is 441. The molecule has 3 aliphatic rings. The normalized spacial score (nSPS) is 32.3. The third-order valence-corrected chi connectivity index (χ3v) is 3.63. The third kappa shape index (κ3) is 1.28. The average Bonchev–Trinajstić information content (AvgIpc) is 2.92. The van der Waals surface area contributed by atoms with E-state index in [2.05, 4.69) is 37.8 Å². The van der Waals surface area contributed by atoms with Crippen LogP contribution in [0.15, 0.2) is 59.3 Å². The lowest BCUT2D eigenvalue weighted by atomic mass is 9.96. The fourth-order valence-corrected chi connectivity index (χ4v) is 2.72. The van der Waals surface area contributed by atoms with Crippen molar-refractivity contribution in [1.82, 2.24) is 0 Å². The van der Waals surface area contributed by atoms with Crippen LogP contribution < -0.4 is 0 Å². The Morgan fingerprint density at radius 1 is 1.33 bits per heavy atom. The molecular weight excluding hydrogens is 180 g/mol. The first kappa shape index (κ1) is 8.96. The lowest BCUT2D eigenvalue weighted by molar-refractivity contribution is 0.945. The molecule has 0 amide bonds. The van der Waals surface area contributed by atoms with E-state index in [1.54, 1.807) is 0 Å². The van der Waals surface area contributed by atoms with Crippen LogP contribution in [0, 0.1) is 11.8 Å². The van der Waals surface area contributed by atoms with Gasteiger partial charge < -0.3 is 0 Å². The maximum atomic E-state index is 3.92. The largest absolute Gasteiger partial charge is 0.0988 e. The van der Waals surface area contributed by atoms with Crippen LogP contribution in [0.4, 0.5) is 0 Å². The molecule has 0 N–H and O–H groups in total. The monoisotopic (exact) mass is 196 g/mol. The second-order valence-corrected chi connectivity index (χ2v) is 4.66. The summed E-state index contributed by atoms with van der Waals surface area (Å²) in [6.45, 7) is 6.00. The van der Waals surface area contributed by atoms with Gasteiger partial charge in [-0.15, -0.1) is 0 Å². The van der Waals surface area contributed by atoms with E-state index in [4.69, 9.17) is 0 Å². The number of hydrogen-bond acceptors (Lipinski definition) is 0. The van der Waals surface area contributed by atoms with E-state index in [0.717, 1.165) is 18.3 Å². The van der Waals surface area contributed by atoms with Crippen LogP contribution in [0.5, 0.6) is 0 Å². The molecular formula is C15H16. The van der Waals surface area contributed by atoms with E-state index < -0.39 is 0 Å². The maximum absolute atomic E-state index is 3.92. The van der Waals surface area contributed by atoms with Crippen LogP contribution in [0.2, 0.25) is 0 Å². The highest BCUT2D eigenvalue weighted by Crippen LogP contribution is 2.51. The summed E-state index contributed by atoms with van der Waals surface area (Å²) in [5, 5.41) is 0. The first-order valence-electron chi connectivity index (χ1n) is 5.75. The van der Waals surface area contributed by atoms with Gasteiger partial charge in [0.25, 0.3) is 0 Å². The van der Waals surface area contributed by atoms with Gasteiger partial charge in [0.1, 0.15) is 0 Å². The minimum Gasteiger partial charge on any atom is -0.0988 e. The number of hydrogen-bond donors (Lipinski definition) is 0. The smallest absolute Gasteiger partial charge is 0.00168 e. The Kier molecular flexibility index (Phi) is 1.85. The van der Waals surface area contributed by atoms with Crippen molar-refractivity contribution in [2.45, 2.75) is 19.8 Å².